The van der Waals surface area contributed by atoms with Gasteiger partial charge in [0.25, 0.3) is 5.91 Å². The second kappa shape index (κ2) is 6.27. The van der Waals surface area contributed by atoms with E-state index in [2.05, 4.69) is 10.5 Å². The molecule has 1 aliphatic heterocycles. The van der Waals surface area contributed by atoms with Gasteiger partial charge in [-0.2, -0.15) is 0 Å². The molecule has 0 saturated carbocycles. The van der Waals surface area contributed by atoms with E-state index in [0.717, 1.165) is 5.69 Å². The molecular formula is C18H15N3O4. The quantitative estimate of drug-likeness (QED) is 0.790. The van der Waals surface area contributed by atoms with Crippen molar-refractivity contribution >= 4 is 17.5 Å². The predicted octanol–water partition coefficient (Wildman–Crippen LogP) is 2.47. The first-order valence-corrected chi connectivity index (χ1v) is 7.90. The van der Waals surface area contributed by atoms with Crippen LogP contribution in [0.1, 0.15) is 16.9 Å². The van der Waals surface area contributed by atoms with Crippen molar-refractivity contribution in [1.29, 1.82) is 0 Å². The van der Waals surface area contributed by atoms with Gasteiger partial charge in [0.05, 0.1) is 6.26 Å². The molecule has 3 heterocycles. The van der Waals surface area contributed by atoms with Gasteiger partial charge in [-0.05, 0) is 30.7 Å². The van der Waals surface area contributed by atoms with E-state index in [1.807, 2.05) is 30.3 Å². The molecule has 126 valence electrons. The summed E-state index contributed by atoms with van der Waals surface area (Å²) in [6.07, 6.45) is 2.05. The molecule has 0 bridgehead atoms. The van der Waals surface area contributed by atoms with Gasteiger partial charge >= 0.3 is 0 Å². The molecule has 25 heavy (non-hydrogen) atoms. The predicted molar refractivity (Wildman–Crippen MR) is 88.9 cm³/mol. The van der Waals surface area contributed by atoms with E-state index in [0.29, 0.717) is 24.5 Å². The summed E-state index contributed by atoms with van der Waals surface area (Å²) in [5, 5.41) is 6.46. The van der Waals surface area contributed by atoms with Crippen LogP contribution in [0.4, 0.5) is 5.69 Å². The lowest BCUT2D eigenvalue weighted by atomic mass is 10.2. The van der Waals surface area contributed by atoms with Crippen LogP contribution < -0.4 is 10.2 Å². The van der Waals surface area contributed by atoms with Crippen molar-refractivity contribution in [3.05, 3.63) is 60.5 Å². The van der Waals surface area contributed by atoms with Gasteiger partial charge in [0, 0.05) is 18.3 Å². The third-order valence-corrected chi connectivity index (χ3v) is 4.09. The van der Waals surface area contributed by atoms with E-state index in [1.54, 1.807) is 17.0 Å². The number of nitrogens with zero attached hydrogens (tertiary/aromatic N) is 2. The van der Waals surface area contributed by atoms with Crippen molar-refractivity contribution in [3.63, 3.8) is 0 Å². The van der Waals surface area contributed by atoms with Gasteiger partial charge in [-0.3, -0.25) is 9.59 Å². The van der Waals surface area contributed by atoms with E-state index in [-0.39, 0.29) is 11.6 Å². The third-order valence-electron chi connectivity index (χ3n) is 4.09. The highest BCUT2D eigenvalue weighted by molar-refractivity contribution is 6.03. The van der Waals surface area contributed by atoms with Gasteiger partial charge in [0.1, 0.15) is 6.04 Å². The number of para-hydroxylation sites is 1. The van der Waals surface area contributed by atoms with Gasteiger partial charge in [-0.15, -0.1) is 0 Å². The maximum atomic E-state index is 12.5. The Morgan fingerprint density at radius 3 is 2.76 bits per heavy atom. The second-order valence-corrected chi connectivity index (χ2v) is 5.69. The highest BCUT2D eigenvalue weighted by Gasteiger charge is 2.34. The molecule has 0 radical (unpaired) electrons. The molecule has 1 aliphatic rings. The van der Waals surface area contributed by atoms with Gasteiger partial charge in [-0.1, -0.05) is 23.4 Å². The van der Waals surface area contributed by atoms with Crippen LogP contribution >= 0.6 is 0 Å². The summed E-state index contributed by atoms with van der Waals surface area (Å²) in [7, 11) is 0. The first-order chi connectivity index (χ1) is 12.2. The maximum Gasteiger partial charge on any atom is 0.274 e. The van der Waals surface area contributed by atoms with Crippen LogP contribution in [0.5, 0.6) is 0 Å². The number of amides is 2. The van der Waals surface area contributed by atoms with Crippen molar-refractivity contribution < 1.29 is 18.5 Å². The second-order valence-electron chi connectivity index (χ2n) is 5.69. The lowest BCUT2D eigenvalue weighted by Crippen LogP contribution is -2.41. The molecule has 1 saturated heterocycles. The molecule has 0 aliphatic carbocycles. The first-order valence-electron chi connectivity index (χ1n) is 7.90. The molecule has 1 aromatic carbocycles. The Morgan fingerprint density at radius 2 is 2.00 bits per heavy atom. The normalized spacial score (nSPS) is 17.0. The largest absolute Gasteiger partial charge is 0.461 e. The molecule has 1 N–H and O–H groups in total. The number of nitrogens with one attached hydrogen (secondary N) is 1. The number of carbonyl (C=O) groups excluding carboxylic acids is 2. The first kappa shape index (κ1) is 15.2. The minimum atomic E-state index is -0.573. The van der Waals surface area contributed by atoms with Crippen molar-refractivity contribution in [2.24, 2.45) is 0 Å². The van der Waals surface area contributed by atoms with Crippen LogP contribution in [0.15, 0.2) is 63.7 Å². The van der Waals surface area contributed by atoms with Crippen LogP contribution in [0.2, 0.25) is 0 Å². The lowest BCUT2D eigenvalue weighted by molar-refractivity contribution is -0.118. The van der Waals surface area contributed by atoms with E-state index < -0.39 is 11.9 Å². The summed E-state index contributed by atoms with van der Waals surface area (Å²) in [5.41, 5.74) is 0.933. The minimum absolute atomic E-state index is 0.109. The van der Waals surface area contributed by atoms with Gasteiger partial charge in [0.15, 0.2) is 11.5 Å². The summed E-state index contributed by atoms with van der Waals surface area (Å²) in [6, 6.07) is 13.7. The molecule has 0 unspecified atom stereocenters. The number of benzene rings is 1. The highest BCUT2D eigenvalue weighted by Crippen LogP contribution is 2.23. The Bertz CT molecular complexity index is 886. The highest BCUT2D eigenvalue weighted by atomic mass is 16.5. The number of aromatic nitrogens is 1. The maximum absolute atomic E-state index is 12.5. The number of rotatable bonds is 4. The zero-order valence-electron chi connectivity index (χ0n) is 13.2. The summed E-state index contributed by atoms with van der Waals surface area (Å²) < 4.78 is 10.3. The van der Waals surface area contributed by atoms with Crippen LogP contribution in [0.25, 0.3) is 11.5 Å². The minimum Gasteiger partial charge on any atom is -0.461 e. The Kier molecular flexibility index (Phi) is 3.81. The molecule has 7 heteroatoms. The molecule has 7 nitrogen and oxygen atoms in total. The topological polar surface area (TPSA) is 88.6 Å². The SMILES string of the molecule is O=C(N[C@@H]1CCN(c2ccccc2)C1=O)c1cc(-c2ccco2)on1. The summed E-state index contributed by atoms with van der Waals surface area (Å²) in [6.45, 7) is 0.560. The van der Waals surface area contributed by atoms with Crippen molar-refractivity contribution in [2.45, 2.75) is 12.5 Å². The summed E-state index contributed by atoms with van der Waals surface area (Å²) >= 11 is 0. The van der Waals surface area contributed by atoms with E-state index in [1.165, 1.54) is 12.3 Å². The van der Waals surface area contributed by atoms with Crippen molar-refractivity contribution in [2.75, 3.05) is 11.4 Å². The zero-order chi connectivity index (χ0) is 17.2. The van der Waals surface area contributed by atoms with Crippen molar-refractivity contribution in [1.82, 2.24) is 10.5 Å². The van der Waals surface area contributed by atoms with Crippen LogP contribution in [-0.2, 0) is 4.79 Å². The average Bonchev–Trinajstić information content (AvgIpc) is 3.37. The summed E-state index contributed by atoms with van der Waals surface area (Å²) in [5.74, 6) is 0.265. The number of hydrogen-bond acceptors (Lipinski definition) is 5. The standard InChI is InChI=1S/C18H15N3O4/c22-17(14-11-16(25-20-14)15-7-4-10-24-15)19-13-8-9-21(18(13)23)12-5-2-1-3-6-12/h1-7,10-11,13H,8-9H2,(H,19,22)/t13-/m1/s1. The molecule has 3 aromatic rings. The number of hydrogen-bond donors (Lipinski definition) is 1. The molecule has 1 atom stereocenters. The van der Waals surface area contributed by atoms with Crippen molar-refractivity contribution in [3.8, 4) is 11.5 Å². The smallest absolute Gasteiger partial charge is 0.274 e. The Balaban J connectivity index is 1.44. The molecule has 2 amide bonds. The fourth-order valence-electron chi connectivity index (χ4n) is 2.83. The van der Waals surface area contributed by atoms with Gasteiger partial charge in [-0.25, -0.2) is 0 Å². The zero-order valence-corrected chi connectivity index (χ0v) is 13.2. The van der Waals surface area contributed by atoms with E-state index >= 15 is 0 Å². The van der Waals surface area contributed by atoms with Crippen LogP contribution in [0.3, 0.4) is 0 Å². The Hall–Kier alpha value is -3.35. The molecule has 0 spiro atoms. The molecular weight excluding hydrogens is 322 g/mol. The monoisotopic (exact) mass is 337 g/mol. The molecule has 1 fully saturated rings. The fraction of sp³-hybridized carbons (Fsp3) is 0.167. The number of furan rings is 1. The molecule has 2 aromatic heterocycles. The fourth-order valence-corrected chi connectivity index (χ4v) is 2.83. The van der Waals surface area contributed by atoms with Gasteiger partial charge < -0.3 is 19.2 Å². The number of anilines is 1. The van der Waals surface area contributed by atoms with E-state index in [9.17, 15) is 9.59 Å². The Labute approximate surface area is 143 Å². The van der Waals surface area contributed by atoms with E-state index in [4.69, 9.17) is 8.94 Å². The van der Waals surface area contributed by atoms with Crippen LogP contribution in [0, 0.1) is 0 Å². The lowest BCUT2D eigenvalue weighted by Gasteiger charge is -2.16. The van der Waals surface area contributed by atoms with Gasteiger partial charge in [0.2, 0.25) is 11.7 Å². The average molecular weight is 337 g/mol. The number of carbonyl (C=O) groups is 2. The molecule has 4 rings (SSSR count). The van der Waals surface area contributed by atoms with Crippen LogP contribution in [-0.4, -0.2) is 29.6 Å². The Morgan fingerprint density at radius 1 is 1.16 bits per heavy atom. The third kappa shape index (κ3) is 2.91. The summed E-state index contributed by atoms with van der Waals surface area (Å²) in [4.78, 5) is 26.5.